The van der Waals surface area contributed by atoms with Crippen LogP contribution in [0.3, 0.4) is 0 Å². The van der Waals surface area contributed by atoms with Gasteiger partial charge in [0.15, 0.2) is 0 Å². The first kappa shape index (κ1) is 26.9. The predicted molar refractivity (Wildman–Crippen MR) is 133 cm³/mol. The molecule has 0 unspecified atom stereocenters. The number of alkyl halides is 3. The molecule has 2 aromatic rings. The van der Waals surface area contributed by atoms with Crippen molar-refractivity contribution in [3.8, 4) is 5.75 Å². The van der Waals surface area contributed by atoms with Crippen LogP contribution in [0.2, 0.25) is 0 Å². The lowest BCUT2D eigenvalue weighted by Gasteiger charge is -2.25. The number of hydrogen-bond acceptors (Lipinski definition) is 4. The van der Waals surface area contributed by atoms with E-state index < -0.39 is 11.7 Å². The lowest BCUT2D eigenvalue weighted by Crippen LogP contribution is -2.36. The van der Waals surface area contributed by atoms with Gasteiger partial charge in [0.25, 0.3) is 0 Å². The highest BCUT2D eigenvalue weighted by Crippen LogP contribution is 2.29. The van der Waals surface area contributed by atoms with Crippen molar-refractivity contribution in [2.75, 3.05) is 50.7 Å². The number of nitrogens with zero attached hydrogens (tertiary/aromatic N) is 3. The highest BCUT2D eigenvalue weighted by molar-refractivity contribution is 5.76. The molecule has 0 aliphatic carbocycles. The molecule has 0 aromatic heterocycles. The van der Waals surface area contributed by atoms with Crippen LogP contribution in [0.4, 0.5) is 18.9 Å². The van der Waals surface area contributed by atoms with E-state index in [2.05, 4.69) is 16.7 Å². The first-order valence-corrected chi connectivity index (χ1v) is 12.4. The maximum absolute atomic E-state index is 12.7. The summed E-state index contributed by atoms with van der Waals surface area (Å²) in [6, 6.07) is 12.9. The summed E-state index contributed by atoms with van der Waals surface area (Å²) in [6.45, 7) is 10.5. The maximum atomic E-state index is 12.7. The Morgan fingerprint density at radius 1 is 0.971 bits per heavy atom. The lowest BCUT2D eigenvalue weighted by atomic mass is 10.1. The zero-order valence-corrected chi connectivity index (χ0v) is 20.7. The van der Waals surface area contributed by atoms with Crippen molar-refractivity contribution >= 4 is 11.6 Å². The van der Waals surface area contributed by atoms with Crippen LogP contribution in [0.5, 0.6) is 5.75 Å². The second-order valence-corrected chi connectivity index (χ2v) is 8.88. The van der Waals surface area contributed by atoms with Gasteiger partial charge >= 0.3 is 6.18 Å². The fourth-order valence-corrected chi connectivity index (χ4v) is 4.30. The van der Waals surface area contributed by atoms with Crippen LogP contribution < -0.4 is 9.64 Å². The molecule has 0 bridgehead atoms. The molecule has 0 saturated carbocycles. The quantitative estimate of drug-likeness (QED) is 0.443. The monoisotopic (exact) mass is 491 g/mol. The van der Waals surface area contributed by atoms with Crippen molar-refractivity contribution in [1.29, 1.82) is 0 Å². The van der Waals surface area contributed by atoms with E-state index in [1.54, 1.807) is 0 Å². The van der Waals surface area contributed by atoms with E-state index in [4.69, 9.17) is 4.74 Å². The molecule has 1 aliphatic heterocycles. The number of rotatable bonds is 10. The third-order valence-electron chi connectivity index (χ3n) is 6.35. The zero-order valence-electron chi connectivity index (χ0n) is 20.7. The number of carbonyl (C=O) groups excluding carboxylic acids is 1. The molecule has 0 N–H and O–H groups in total. The standard InChI is InChI=1S/C27H36F3N3O2/c1-3-15-32(4-2)26(34)14-18-31-16-5-17-33(20-19-31)24-10-12-25(13-11-24)35-21-22-6-8-23(9-7-22)27(28,29)30/h6-13H,3-5,14-21H2,1-2H3. The molecule has 1 saturated heterocycles. The van der Waals surface area contributed by atoms with Crippen LogP contribution in [-0.2, 0) is 17.6 Å². The van der Waals surface area contributed by atoms with E-state index in [1.807, 2.05) is 36.1 Å². The van der Waals surface area contributed by atoms with Gasteiger partial charge in [0.05, 0.1) is 5.56 Å². The van der Waals surface area contributed by atoms with Crippen molar-refractivity contribution < 1.29 is 22.7 Å². The molecule has 0 spiro atoms. The van der Waals surface area contributed by atoms with E-state index in [0.29, 0.717) is 17.7 Å². The van der Waals surface area contributed by atoms with Gasteiger partial charge in [0.1, 0.15) is 12.4 Å². The van der Waals surface area contributed by atoms with E-state index in [9.17, 15) is 18.0 Å². The van der Waals surface area contributed by atoms with Gasteiger partial charge in [-0.2, -0.15) is 13.2 Å². The Kier molecular flexibility index (Phi) is 9.83. The van der Waals surface area contributed by atoms with Crippen molar-refractivity contribution in [2.24, 2.45) is 0 Å². The van der Waals surface area contributed by atoms with Gasteiger partial charge in [0, 0.05) is 51.4 Å². The zero-order chi connectivity index (χ0) is 25.3. The highest BCUT2D eigenvalue weighted by atomic mass is 19.4. The van der Waals surface area contributed by atoms with Crippen LogP contribution in [0.1, 0.15) is 44.2 Å². The van der Waals surface area contributed by atoms with E-state index in [0.717, 1.165) is 76.5 Å². The predicted octanol–water partition coefficient (Wildman–Crippen LogP) is 5.45. The van der Waals surface area contributed by atoms with E-state index in [-0.39, 0.29) is 12.5 Å². The molecular formula is C27H36F3N3O2. The summed E-state index contributed by atoms with van der Waals surface area (Å²) in [5.41, 5.74) is 1.14. The molecule has 1 fully saturated rings. The van der Waals surface area contributed by atoms with E-state index in [1.165, 1.54) is 12.1 Å². The molecule has 8 heteroatoms. The van der Waals surface area contributed by atoms with Gasteiger partial charge < -0.3 is 19.4 Å². The third kappa shape index (κ3) is 8.16. The Labute approximate surface area is 206 Å². The molecule has 35 heavy (non-hydrogen) atoms. The minimum absolute atomic E-state index is 0.211. The van der Waals surface area contributed by atoms with Crippen molar-refractivity contribution in [3.63, 3.8) is 0 Å². The van der Waals surface area contributed by atoms with Crippen LogP contribution in [-0.4, -0.2) is 61.5 Å². The lowest BCUT2D eigenvalue weighted by molar-refractivity contribution is -0.137. The van der Waals surface area contributed by atoms with Crippen molar-refractivity contribution in [2.45, 2.75) is 45.9 Å². The Balaban J connectivity index is 1.46. The summed E-state index contributed by atoms with van der Waals surface area (Å²) in [5.74, 6) is 0.915. The number of ether oxygens (including phenoxy) is 1. The fourth-order valence-electron chi connectivity index (χ4n) is 4.30. The second kappa shape index (κ2) is 12.8. The Hall–Kier alpha value is -2.74. The molecular weight excluding hydrogens is 455 g/mol. The van der Waals surface area contributed by atoms with Gasteiger partial charge in [-0.15, -0.1) is 0 Å². The number of benzene rings is 2. The summed E-state index contributed by atoms with van der Waals surface area (Å²) in [5, 5.41) is 0. The average Bonchev–Trinajstić information content (AvgIpc) is 3.10. The van der Waals surface area contributed by atoms with Gasteiger partial charge in [0.2, 0.25) is 5.91 Å². The molecule has 2 aromatic carbocycles. The number of halogens is 3. The van der Waals surface area contributed by atoms with Crippen molar-refractivity contribution in [3.05, 3.63) is 59.7 Å². The first-order chi connectivity index (χ1) is 16.8. The second-order valence-electron chi connectivity index (χ2n) is 8.88. The van der Waals surface area contributed by atoms with Gasteiger partial charge in [-0.05, 0) is 68.3 Å². The molecule has 1 heterocycles. The summed E-state index contributed by atoms with van der Waals surface area (Å²) >= 11 is 0. The average molecular weight is 492 g/mol. The van der Waals surface area contributed by atoms with Crippen molar-refractivity contribution in [1.82, 2.24) is 9.80 Å². The molecule has 3 rings (SSSR count). The normalized spacial score (nSPS) is 15.1. The van der Waals surface area contributed by atoms with E-state index >= 15 is 0 Å². The van der Waals surface area contributed by atoms with Gasteiger partial charge in [-0.1, -0.05) is 19.1 Å². The Morgan fingerprint density at radius 3 is 2.31 bits per heavy atom. The highest BCUT2D eigenvalue weighted by Gasteiger charge is 2.29. The van der Waals surface area contributed by atoms with Crippen LogP contribution in [0.25, 0.3) is 0 Å². The first-order valence-electron chi connectivity index (χ1n) is 12.4. The van der Waals surface area contributed by atoms with Crippen LogP contribution in [0, 0.1) is 0 Å². The smallest absolute Gasteiger partial charge is 0.416 e. The van der Waals surface area contributed by atoms with Crippen LogP contribution >= 0.6 is 0 Å². The molecule has 0 atom stereocenters. The number of hydrogen-bond donors (Lipinski definition) is 0. The molecule has 192 valence electrons. The summed E-state index contributed by atoms with van der Waals surface area (Å²) < 4.78 is 43.8. The molecule has 1 aliphatic rings. The summed E-state index contributed by atoms with van der Waals surface area (Å²) in [4.78, 5) is 19.1. The number of anilines is 1. The summed E-state index contributed by atoms with van der Waals surface area (Å²) in [6.07, 6.45) is -1.75. The molecule has 5 nitrogen and oxygen atoms in total. The molecule has 0 radical (unpaired) electrons. The number of carbonyl (C=O) groups is 1. The third-order valence-corrected chi connectivity index (χ3v) is 6.35. The molecule has 1 amide bonds. The Bertz CT molecular complexity index is 917. The minimum atomic E-state index is -4.33. The number of amides is 1. The minimum Gasteiger partial charge on any atom is -0.489 e. The summed E-state index contributed by atoms with van der Waals surface area (Å²) in [7, 11) is 0. The fraction of sp³-hybridized carbons (Fsp3) is 0.519. The van der Waals surface area contributed by atoms with Gasteiger partial charge in [-0.25, -0.2) is 0 Å². The largest absolute Gasteiger partial charge is 0.489 e. The van der Waals surface area contributed by atoms with Gasteiger partial charge in [-0.3, -0.25) is 4.79 Å². The maximum Gasteiger partial charge on any atom is 0.416 e. The topological polar surface area (TPSA) is 36.0 Å². The SMILES string of the molecule is CCCN(CC)C(=O)CCN1CCCN(c2ccc(OCc3ccc(C(F)(F)F)cc3)cc2)CC1. The Morgan fingerprint density at radius 2 is 1.69 bits per heavy atom. The van der Waals surface area contributed by atoms with Crippen LogP contribution in [0.15, 0.2) is 48.5 Å².